The predicted octanol–water partition coefficient (Wildman–Crippen LogP) is 2.88. The second kappa shape index (κ2) is 6.67. The van der Waals surface area contributed by atoms with Gasteiger partial charge in [0, 0.05) is 18.3 Å². The van der Waals surface area contributed by atoms with Crippen molar-refractivity contribution in [3.8, 4) is 5.40 Å². The molecule has 2 rings (SSSR count). The van der Waals surface area contributed by atoms with Gasteiger partial charge in [0.15, 0.2) is 5.03 Å². The highest BCUT2D eigenvalue weighted by atomic mass is 32.2. The van der Waals surface area contributed by atoms with Gasteiger partial charge in [-0.05, 0) is 12.5 Å². The Bertz CT molecular complexity index is 714. The molecule has 1 heterocycles. The lowest BCUT2D eigenvalue weighted by molar-refractivity contribution is -0.388. The number of thiocyanates is 1. The van der Waals surface area contributed by atoms with Gasteiger partial charge in [-0.2, -0.15) is 10.2 Å². The van der Waals surface area contributed by atoms with Crippen LogP contribution in [-0.2, 0) is 6.54 Å². The molecule has 1 N–H and O–H groups in total. The van der Waals surface area contributed by atoms with Gasteiger partial charge in [0.05, 0.1) is 4.92 Å². The Hall–Kier alpha value is -2.66. The fourth-order valence-corrected chi connectivity index (χ4v) is 2.14. The highest BCUT2D eigenvalue weighted by Crippen LogP contribution is 2.26. The van der Waals surface area contributed by atoms with Gasteiger partial charge < -0.3 is 5.32 Å². The first-order valence-corrected chi connectivity index (χ1v) is 6.78. The summed E-state index contributed by atoms with van der Waals surface area (Å²) in [6, 6.07) is 7.91. The van der Waals surface area contributed by atoms with Gasteiger partial charge in [-0.15, -0.1) is 0 Å². The lowest BCUT2D eigenvalue weighted by Crippen LogP contribution is -2.05. The number of aryl methyl sites for hydroxylation is 1. The number of nitriles is 1. The molecule has 0 atom stereocenters. The van der Waals surface area contributed by atoms with Crippen molar-refractivity contribution < 1.29 is 4.92 Å². The van der Waals surface area contributed by atoms with Crippen LogP contribution >= 0.6 is 11.8 Å². The zero-order valence-electron chi connectivity index (χ0n) is 11.1. The summed E-state index contributed by atoms with van der Waals surface area (Å²) in [7, 11) is 0. The normalized spacial score (nSPS) is 9.90. The van der Waals surface area contributed by atoms with Crippen LogP contribution in [0.1, 0.15) is 11.1 Å². The fourth-order valence-electron chi connectivity index (χ4n) is 1.69. The summed E-state index contributed by atoms with van der Waals surface area (Å²) < 4.78 is 0. The van der Waals surface area contributed by atoms with Gasteiger partial charge in [0.1, 0.15) is 11.6 Å². The molecule has 106 valence electrons. The number of nitro groups is 1. The Morgan fingerprint density at radius 2 is 2.33 bits per heavy atom. The van der Waals surface area contributed by atoms with Crippen LogP contribution in [0, 0.1) is 27.7 Å². The van der Waals surface area contributed by atoms with E-state index in [1.165, 1.54) is 0 Å². The fraction of sp³-hybridized carbons (Fsp3) is 0.154. The molecule has 0 bridgehead atoms. The van der Waals surface area contributed by atoms with Crippen LogP contribution in [0.5, 0.6) is 0 Å². The summed E-state index contributed by atoms with van der Waals surface area (Å²) in [6.45, 7) is 2.49. The molecule has 0 fully saturated rings. The van der Waals surface area contributed by atoms with E-state index in [9.17, 15) is 10.1 Å². The second-order valence-corrected chi connectivity index (χ2v) is 4.95. The highest BCUT2D eigenvalue weighted by molar-refractivity contribution is 8.03. The van der Waals surface area contributed by atoms with Gasteiger partial charge in [0.25, 0.3) is 0 Å². The van der Waals surface area contributed by atoms with Gasteiger partial charge in [-0.1, -0.05) is 29.8 Å². The topological polar surface area (TPSA) is 105 Å². The number of thioether (sulfide) groups is 1. The van der Waals surface area contributed by atoms with E-state index in [1.54, 1.807) is 5.40 Å². The van der Waals surface area contributed by atoms with Crippen molar-refractivity contribution in [2.45, 2.75) is 18.5 Å². The number of hydrogen-bond donors (Lipinski definition) is 1. The molecule has 21 heavy (non-hydrogen) atoms. The Kier molecular flexibility index (Phi) is 4.68. The summed E-state index contributed by atoms with van der Waals surface area (Å²) in [5, 5.41) is 24.3. The first kappa shape index (κ1) is 14.7. The number of benzene rings is 1. The third-order valence-corrected chi connectivity index (χ3v) is 3.19. The zero-order valence-corrected chi connectivity index (χ0v) is 11.9. The molecular formula is C13H11N5O2S. The third kappa shape index (κ3) is 3.90. The quantitative estimate of drug-likeness (QED) is 0.297. The van der Waals surface area contributed by atoms with Crippen molar-refractivity contribution in [2.75, 3.05) is 5.32 Å². The highest BCUT2D eigenvalue weighted by Gasteiger charge is 2.17. The molecule has 7 nitrogen and oxygen atoms in total. The largest absolute Gasteiger partial charge is 0.350 e. The minimum absolute atomic E-state index is 0.0317. The molecule has 0 aliphatic carbocycles. The van der Waals surface area contributed by atoms with Crippen molar-refractivity contribution in [1.29, 1.82) is 5.26 Å². The van der Waals surface area contributed by atoms with Crippen molar-refractivity contribution in [1.82, 2.24) is 9.97 Å². The predicted molar refractivity (Wildman–Crippen MR) is 78.7 cm³/mol. The average molecular weight is 301 g/mol. The molecule has 0 unspecified atom stereocenters. The molecule has 1 aromatic heterocycles. The van der Waals surface area contributed by atoms with Crippen molar-refractivity contribution in [3.63, 3.8) is 0 Å². The summed E-state index contributed by atoms with van der Waals surface area (Å²) in [4.78, 5) is 18.1. The van der Waals surface area contributed by atoms with E-state index in [-0.39, 0.29) is 16.7 Å². The van der Waals surface area contributed by atoms with E-state index >= 15 is 0 Å². The average Bonchev–Trinajstić information content (AvgIpc) is 2.45. The van der Waals surface area contributed by atoms with Crippen molar-refractivity contribution in [3.05, 3.63) is 51.7 Å². The van der Waals surface area contributed by atoms with Gasteiger partial charge in [-0.3, -0.25) is 10.1 Å². The lowest BCUT2D eigenvalue weighted by atomic mass is 10.1. The number of rotatable bonds is 5. The molecule has 2 aromatic rings. The van der Waals surface area contributed by atoms with E-state index in [2.05, 4.69) is 15.3 Å². The van der Waals surface area contributed by atoms with Crippen LogP contribution in [0.25, 0.3) is 0 Å². The maximum absolute atomic E-state index is 10.8. The SMILES string of the molecule is Cc1cccc(CNc2ncc([N+](=O)[O-])c(SC#N)n2)c1. The van der Waals surface area contributed by atoms with E-state index in [0.717, 1.165) is 17.3 Å². The van der Waals surface area contributed by atoms with Crippen LogP contribution in [-0.4, -0.2) is 14.9 Å². The van der Waals surface area contributed by atoms with Crippen LogP contribution < -0.4 is 5.32 Å². The van der Waals surface area contributed by atoms with Crippen LogP contribution in [0.2, 0.25) is 0 Å². The maximum Gasteiger partial charge on any atom is 0.320 e. The third-order valence-electron chi connectivity index (χ3n) is 2.61. The molecule has 8 heteroatoms. The summed E-state index contributed by atoms with van der Waals surface area (Å²) in [6.07, 6.45) is 1.10. The number of aromatic nitrogens is 2. The first-order valence-electron chi connectivity index (χ1n) is 5.97. The zero-order chi connectivity index (χ0) is 15.2. The van der Waals surface area contributed by atoms with E-state index in [1.807, 2.05) is 31.2 Å². The molecule has 1 aromatic carbocycles. The molecule has 0 aliphatic rings. The molecule has 0 aliphatic heterocycles. The van der Waals surface area contributed by atoms with Gasteiger partial charge >= 0.3 is 5.69 Å². The lowest BCUT2D eigenvalue weighted by Gasteiger charge is -2.06. The minimum atomic E-state index is -0.607. The Balaban J connectivity index is 2.15. The van der Waals surface area contributed by atoms with E-state index in [0.29, 0.717) is 18.3 Å². The number of nitrogens with one attached hydrogen (secondary N) is 1. The molecule has 0 saturated carbocycles. The molecule has 0 saturated heterocycles. The monoisotopic (exact) mass is 301 g/mol. The Morgan fingerprint density at radius 1 is 1.52 bits per heavy atom. The molecule has 0 spiro atoms. The van der Waals surface area contributed by atoms with Crippen molar-refractivity contribution >= 4 is 23.4 Å². The van der Waals surface area contributed by atoms with Crippen molar-refractivity contribution in [2.24, 2.45) is 0 Å². The smallest absolute Gasteiger partial charge is 0.320 e. The standard InChI is InChI=1S/C13H11N5O2S/c1-9-3-2-4-10(5-9)6-15-13-16-7-11(18(19)20)12(17-13)21-8-14/h2-5,7H,6H2,1H3,(H,15,16,17). The first-order chi connectivity index (χ1) is 10.1. The van der Waals surface area contributed by atoms with Crippen LogP contribution in [0.3, 0.4) is 0 Å². The van der Waals surface area contributed by atoms with Crippen LogP contribution in [0.15, 0.2) is 35.5 Å². The Labute approximate surface area is 125 Å². The number of anilines is 1. The maximum atomic E-state index is 10.8. The molecular weight excluding hydrogens is 290 g/mol. The second-order valence-electron chi connectivity index (χ2n) is 4.18. The minimum Gasteiger partial charge on any atom is -0.350 e. The summed E-state index contributed by atoms with van der Waals surface area (Å²) in [5.41, 5.74) is 1.91. The van der Waals surface area contributed by atoms with Gasteiger partial charge in [-0.25, -0.2) is 4.98 Å². The summed E-state index contributed by atoms with van der Waals surface area (Å²) in [5.74, 6) is 0.250. The number of hydrogen-bond acceptors (Lipinski definition) is 7. The van der Waals surface area contributed by atoms with E-state index < -0.39 is 4.92 Å². The summed E-state index contributed by atoms with van der Waals surface area (Å²) >= 11 is 0.641. The number of nitrogens with zero attached hydrogens (tertiary/aromatic N) is 4. The van der Waals surface area contributed by atoms with Gasteiger partial charge in [0.2, 0.25) is 5.95 Å². The molecule has 0 radical (unpaired) electrons. The Morgan fingerprint density at radius 3 is 3.00 bits per heavy atom. The van der Waals surface area contributed by atoms with E-state index in [4.69, 9.17) is 5.26 Å². The van der Waals surface area contributed by atoms with Crippen LogP contribution in [0.4, 0.5) is 11.6 Å². The molecule has 0 amide bonds.